The zero-order valence-corrected chi connectivity index (χ0v) is 14.6. The number of likely N-dealkylation sites (tertiary alicyclic amines) is 1. The van der Waals surface area contributed by atoms with E-state index in [-0.39, 0.29) is 12.1 Å². The first kappa shape index (κ1) is 16.2. The SMILES string of the molecule is CN1CCC[C@@H]1c1ccc(N(C(=O)OC(C)(C)C)C2CC2)nc1. The molecule has 0 spiro atoms. The predicted octanol–water partition coefficient (Wildman–Crippen LogP) is 3.75. The molecule has 1 atom stereocenters. The molecular formula is C18H27N3O2. The number of anilines is 1. The zero-order chi connectivity index (χ0) is 16.6. The molecule has 1 aliphatic carbocycles. The van der Waals surface area contributed by atoms with Crippen LogP contribution in [0, 0.1) is 0 Å². The van der Waals surface area contributed by atoms with Crippen LogP contribution in [0.15, 0.2) is 18.3 Å². The van der Waals surface area contributed by atoms with Gasteiger partial charge in [-0.25, -0.2) is 9.78 Å². The number of nitrogens with zero attached hydrogens (tertiary/aromatic N) is 3. The highest BCUT2D eigenvalue weighted by Crippen LogP contribution is 2.34. The summed E-state index contributed by atoms with van der Waals surface area (Å²) in [6.07, 6.45) is 6.08. The lowest BCUT2D eigenvalue weighted by Gasteiger charge is -2.27. The smallest absolute Gasteiger partial charge is 0.416 e. The standard InChI is InChI=1S/C18H27N3O2/c1-18(2,3)23-17(22)21(14-8-9-14)16-10-7-13(12-19-16)15-6-5-11-20(15)4/h7,10,12,14-15H,5-6,8-9,11H2,1-4H3/t15-/m1/s1. The molecule has 126 valence electrons. The number of aromatic nitrogens is 1. The second kappa shape index (κ2) is 6.11. The maximum absolute atomic E-state index is 12.5. The van der Waals surface area contributed by atoms with Crippen LogP contribution in [0.1, 0.15) is 58.1 Å². The van der Waals surface area contributed by atoms with Crippen molar-refractivity contribution in [3.8, 4) is 0 Å². The summed E-state index contributed by atoms with van der Waals surface area (Å²) in [5.74, 6) is 0.700. The second-order valence-corrected chi connectivity index (χ2v) is 7.67. The van der Waals surface area contributed by atoms with Gasteiger partial charge in [-0.1, -0.05) is 6.07 Å². The third-order valence-electron chi connectivity index (χ3n) is 4.42. The molecule has 23 heavy (non-hydrogen) atoms. The van der Waals surface area contributed by atoms with Gasteiger partial charge in [0.15, 0.2) is 0 Å². The molecule has 2 heterocycles. The van der Waals surface area contributed by atoms with Gasteiger partial charge in [-0.2, -0.15) is 0 Å². The molecule has 0 aromatic carbocycles. The Morgan fingerprint density at radius 1 is 1.30 bits per heavy atom. The number of rotatable bonds is 3. The minimum absolute atomic E-state index is 0.234. The zero-order valence-electron chi connectivity index (χ0n) is 14.6. The minimum atomic E-state index is -0.489. The largest absolute Gasteiger partial charge is 0.443 e. The van der Waals surface area contributed by atoms with Crippen molar-refractivity contribution in [2.75, 3.05) is 18.5 Å². The van der Waals surface area contributed by atoms with E-state index in [2.05, 4.69) is 23.0 Å². The number of carbonyl (C=O) groups is 1. The topological polar surface area (TPSA) is 45.7 Å². The summed E-state index contributed by atoms with van der Waals surface area (Å²) in [6, 6.07) is 4.75. The maximum Gasteiger partial charge on any atom is 0.416 e. The van der Waals surface area contributed by atoms with Gasteiger partial charge in [0.1, 0.15) is 11.4 Å². The van der Waals surface area contributed by atoms with E-state index in [0.29, 0.717) is 11.9 Å². The fourth-order valence-electron chi connectivity index (χ4n) is 3.14. The van der Waals surface area contributed by atoms with Crippen LogP contribution in [0.4, 0.5) is 10.6 Å². The third-order valence-corrected chi connectivity index (χ3v) is 4.42. The first-order chi connectivity index (χ1) is 10.8. The van der Waals surface area contributed by atoms with Gasteiger partial charge in [-0.15, -0.1) is 0 Å². The van der Waals surface area contributed by atoms with Crippen molar-refractivity contribution in [2.24, 2.45) is 0 Å². The van der Waals surface area contributed by atoms with E-state index in [9.17, 15) is 4.79 Å². The summed E-state index contributed by atoms with van der Waals surface area (Å²) >= 11 is 0. The Balaban J connectivity index is 1.76. The average Bonchev–Trinajstić information content (AvgIpc) is 3.19. The summed E-state index contributed by atoms with van der Waals surface area (Å²) in [4.78, 5) is 21.1. The minimum Gasteiger partial charge on any atom is -0.443 e. The van der Waals surface area contributed by atoms with Crippen molar-refractivity contribution in [1.29, 1.82) is 0 Å². The third kappa shape index (κ3) is 3.83. The van der Waals surface area contributed by atoms with Crippen molar-refractivity contribution in [2.45, 2.75) is 64.1 Å². The van der Waals surface area contributed by atoms with Crippen LogP contribution in [0.2, 0.25) is 0 Å². The van der Waals surface area contributed by atoms with Crippen molar-refractivity contribution >= 4 is 11.9 Å². The molecule has 1 aromatic rings. The molecule has 1 saturated heterocycles. The van der Waals surface area contributed by atoms with Crippen LogP contribution in [0.25, 0.3) is 0 Å². The van der Waals surface area contributed by atoms with E-state index in [1.165, 1.54) is 18.4 Å². The molecule has 1 amide bonds. The molecule has 0 radical (unpaired) electrons. The van der Waals surface area contributed by atoms with Crippen molar-refractivity contribution in [3.63, 3.8) is 0 Å². The molecule has 2 fully saturated rings. The van der Waals surface area contributed by atoms with Gasteiger partial charge in [0.25, 0.3) is 0 Å². The van der Waals surface area contributed by atoms with E-state index in [4.69, 9.17) is 4.74 Å². The van der Waals surface area contributed by atoms with Crippen LogP contribution in [0.5, 0.6) is 0 Å². The number of pyridine rings is 1. The molecule has 0 unspecified atom stereocenters. The maximum atomic E-state index is 12.5. The fraction of sp³-hybridized carbons (Fsp3) is 0.667. The number of hydrogen-bond acceptors (Lipinski definition) is 4. The van der Waals surface area contributed by atoms with Gasteiger partial charge in [-0.05, 0) is 71.7 Å². The molecular weight excluding hydrogens is 290 g/mol. The van der Waals surface area contributed by atoms with Crippen molar-refractivity contribution in [3.05, 3.63) is 23.9 Å². The summed E-state index contributed by atoms with van der Waals surface area (Å²) in [7, 11) is 2.16. The second-order valence-electron chi connectivity index (χ2n) is 7.67. The lowest BCUT2D eigenvalue weighted by Crippen LogP contribution is -2.38. The lowest BCUT2D eigenvalue weighted by atomic mass is 10.1. The molecule has 0 bridgehead atoms. The van der Waals surface area contributed by atoms with Gasteiger partial charge in [-0.3, -0.25) is 9.80 Å². The highest BCUT2D eigenvalue weighted by Gasteiger charge is 2.37. The quantitative estimate of drug-likeness (QED) is 0.851. The van der Waals surface area contributed by atoms with Crippen LogP contribution in [-0.2, 0) is 4.74 Å². The fourth-order valence-corrected chi connectivity index (χ4v) is 3.14. The van der Waals surface area contributed by atoms with Crippen molar-refractivity contribution in [1.82, 2.24) is 9.88 Å². The highest BCUT2D eigenvalue weighted by atomic mass is 16.6. The Kier molecular flexibility index (Phi) is 4.32. The molecule has 0 N–H and O–H groups in total. The number of carbonyl (C=O) groups excluding carboxylic acids is 1. The average molecular weight is 317 g/mol. The summed E-state index contributed by atoms with van der Waals surface area (Å²) in [6.45, 7) is 6.81. The number of amides is 1. The van der Waals surface area contributed by atoms with E-state index in [0.717, 1.165) is 19.4 Å². The number of ether oxygens (including phenoxy) is 1. The van der Waals surface area contributed by atoms with Gasteiger partial charge in [0.2, 0.25) is 0 Å². The van der Waals surface area contributed by atoms with Crippen LogP contribution < -0.4 is 4.90 Å². The summed E-state index contributed by atoms with van der Waals surface area (Å²) < 4.78 is 5.54. The monoisotopic (exact) mass is 317 g/mol. The Morgan fingerprint density at radius 3 is 2.52 bits per heavy atom. The Bertz CT molecular complexity index is 561. The highest BCUT2D eigenvalue weighted by molar-refractivity contribution is 5.88. The van der Waals surface area contributed by atoms with E-state index in [1.54, 1.807) is 4.90 Å². The first-order valence-electron chi connectivity index (χ1n) is 8.53. The van der Waals surface area contributed by atoms with E-state index >= 15 is 0 Å². The van der Waals surface area contributed by atoms with Gasteiger partial charge >= 0.3 is 6.09 Å². The molecule has 1 aromatic heterocycles. The Morgan fingerprint density at radius 2 is 2.04 bits per heavy atom. The predicted molar refractivity (Wildman–Crippen MR) is 90.6 cm³/mol. The van der Waals surface area contributed by atoms with Crippen LogP contribution in [0.3, 0.4) is 0 Å². The lowest BCUT2D eigenvalue weighted by molar-refractivity contribution is 0.0576. The summed E-state index contributed by atoms with van der Waals surface area (Å²) in [5.41, 5.74) is 0.741. The van der Waals surface area contributed by atoms with Gasteiger partial charge in [0, 0.05) is 18.3 Å². The van der Waals surface area contributed by atoms with Gasteiger partial charge < -0.3 is 4.74 Å². The van der Waals surface area contributed by atoms with E-state index in [1.807, 2.05) is 33.0 Å². The molecule has 1 saturated carbocycles. The normalized spacial score (nSPS) is 22.2. The Labute approximate surface area is 138 Å². The molecule has 5 heteroatoms. The van der Waals surface area contributed by atoms with Gasteiger partial charge in [0.05, 0.1) is 0 Å². The Hall–Kier alpha value is -1.62. The molecule has 3 rings (SSSR count). The molecule has 5 nitrogen and oxygen atoms in total. The van der Waals surface area contributed by atoms with Crippen LogP contribution in [-0.4, -0.2) is 41.2 Å². The van der Waals surface area contributed by atoms with E-state index < -0.39 is 5.60 Å². The molecule has 2 aliphatic rings. The first-order valence-corrected chi connectivity index (χ1v) is 8.53. The van der Waals surface area contributed by atoms with Crippen molar-refractivity contribution < 1.29 is 9.53 Å². The summed E-state index contributed by atoms with van der Waals surface area (Å²) in [5, 5.41) is 0. The molecule has 1 aliphatic heterocycles. The van der Waals surface area contributed by atoms with Crippen LogP contribution >= 0.6 is 0 Å². The number of hydrogen-bond donors (Lipinski definition) is 0.